The summed E-state index contributed by atoms with van der Waals surface area (Å²) in [5, 5.41) is 9.71. The first-order valence-electron chi connectivity index (χ1n) is 8.49. The van der Waals surface area contributed by atoms with Crippen molar-refractivity contribution in [1.29, 1.82) is 0 Å². The summed E-state index contributed by atoms with van der Waals surface area (Å²) in [7, 11) is -3.75. The molecule has 1 saturated carbocycles. The first kappa shape index (κ1) is 20.0. The molecule has 0 spiro atoms. The summed E-state index contributed by atoms with van der Waals surface area (Å²) >= 11 is 5.82. The molecular weight excluding hydrogens is 398 g/mol. The first-order chi connectivity index (χ1) is 12.7. The number of halogens is 3. The maximum atomic E-state index is 13.6. The Hall–Kier alpha value is -1.70. The second kappa shape index (κ2) is 7.73. The third-order valence-electron chi connectivity index (χ3n) is 4.61. The molecule has 0 amide bonds. The average Bonchev–Trinajstić information content (AvgIpc) is 3.34. The van der Waals surface area contributed by atoms with Gasteiger partial charge in [-0.15, -0.1) is 0 Å². The summed E-state index contributed by atoms with van der Waals surface area (Å²) in [6, 6.07) is 8.61. The van der Waals surface area contributed by atoms with Crippen LogP contribution in [0.4, 0.5) is 8.78 Å². The van der Waals surface area contributed by atoms with Crippen LogP contribution in [0, 0.1) is 11.6 Å². The Labute approximate surface area is 161 Å². The zero-order valence-electron chi connectivity index (χ0n) is 14.4. The normalized spacial score (nSPS) is 16.7. The lowest BCUT2D eigenvalue weighted by molar-refractivity contribution is 0.135. The van der Waals surface area contributed by atoms with Gasteiger partial charge in [0, 0.05) is 11.1 Å². The van der Waals surface area contributed by atoms with Crippen LogP contribution in [0.2, 0.25) is 5.02 Å². The van der Waals surface area contributed by atoms with Crippen LogP contribution in [-0.4, -0.2) is 31.0 Å². The van der Waals surface area contributed by atoms with Crippen LogP contribution in [0.15, 0.2) is 47.4 Å². The second-order valence-corrected chi connectivity index (χ2v) is 9.43. The van der Waals surface area contributed by atoms with Crippen molar-refractivity contribution in [2.75, 3.05) is 6.61 Å². The van der Waals surface area contributed by atoms with E-state index in [0.29, 0.717) is 17.9 Å². The predicted molar refractivity (Wildman–Crippen MR) is 97.7 cm³/mol. The lowest BCUT2D eigenvalue weighted by Crippen LogP contribution is -2.29. The highest BCUT2D eigenvalue weighted by Gasteiger charge is 2.45. The van der Waals surface area contributed by atoms with Crippen LogP contribution in [-0.2, 0) is 9.84 Å². The maximum absolute atomic E-state index is 13.6. The van der Waals surface area contributed by atoms with Crippen molar-refractivity contribution in [2.24, 2.45) is 0 Å². The number of benzene rings is 2. The molecule has 1 unspecified atom stereocenters. The van der Waals surface area contributed by atoms with Gasteiger partial charge in [-0.2, -0.15) is 0 Å². The standard InChI is InChI=1S/C19H19ClF2O4S/c20-13-1-4-15(5-2-13)27(24,25)16(12-19(23)8-9-19)7-10-26-18-11-14(21)3-6-17(18)22/h1-6,11,16,23H,7-10,12H2. The fourth-order valence-corrected chi connectivity index (χ4v) is 4.81. The van der Waals surface area contributed by atoms with E-state index in [4.69, 9.17) is 16.3 Å². The van der Waals surface area contributed by atoms with Gasteiger partial charge < -0.3 is 9.84 Å². The van der Waals surface area contributed by atoms with Crippen LogP contribution < -0.4 is 4.74 Å². The van der Waals surface area contributed by atoms with Gasteiger partial charge in [0.25, 0.3) is 0 Å². The molecule has 1 aliphatic rings. The van der Waals surface area contributed by atoms with Crippen LogP contribution in [0.25, 0.3) is 0 Å². The monoisotopic (exact) mass is 416 g/mol. The molecule has 1 fully saturated rings. The number of sulfone groups is 1. The number of aliphatic hydroxyl groups is 1. The van der Waals surface area contributed by atoms with Crippen molar-refractivity contribution in [1.82, 2.24) is 0 Å². The summed E-state index contributed by atoms with van der Waals surface area (Å²) in [4.78, 5) is 0.0955. The third kappa shape index (κ3) is 4.97. The number of ether oxygens (including phenoxy) is 1. The van der Waals surface area contributed by atoms with Gasteiger partial charge >= 0.3 is 0 Å². The van der Waals surface area contributed by atoms with Crippen molar-refractivity contribution in [2.45, 2.75) is 41.4 Å². The maximum Gasteiger partial charge on any atom is 0.181 e. The molecule has 27 heavy (non-hydrogen) atoms. The minimum absolute atomic E-state index is 0.0310. The fraction of sp³-hybridized carbons (Fsp3) is 0.368. The summed E-state index contributed by atoms with van der Waals surface area (Å²) in [6.07, 6.45) is 1.17. The van der Waals surface area contributed by atoms with Crippen LogP contribution in [0.1, 0.15) is 25.7 Å². The Kier molecular flexibility index (Phi) is 5.74. The summed E-state index contributed by atoms with van der Waals surface area (Å²) in [6.45, 7) is -0.131. The summed E-state index contributed by atoms with van der Waals surface area (Å²) in [5.74, 6) is -1.65. The average molecular weight is 417 g/mol. The van der Waals surface area contributed by atoms with Crippen LogP contribution >= 0.6 is 11.6 Å². The highest BCUT2D eigenvalue weighted by Crippen LogP contribution is 2.42. The molecule has 1 atom stereocenters. The van der Waals surface area contributed by atoms with Crippen molar-refractivity contribution in [3.63, 3.8) is 0 Å². The van der Waals surface area contributed by atoms with Crippen molar-refractivity contribution < 1.29 is 27.0 Å². The number of hydrogen-bond acceptors (Lipinski definition) is 4. The molecule has 1 aliphatic carbocycles. The quantitative estimate of drug-likeness (QED) is 0.702. The third-order valence-corrected chi connectivity index (χ3v) is 7.07. The van der Waals surface area contributed by atoms with E-state index in [0.717, 1.165) is 18.2 Å². The molecule has 0 radical (unpaired) electrons. The van der Waals surface area contributed by atoms with Crippen LogP contribution in [0.5, 0.6) is 5.75 Å². The van der Waals surface area contributed by atoms with Crippen molar-refractivity contribution >= 4 is 21.4 Å². The molecule has 4 nitrogen and oxygen atoms in total. The SMILES string of the molecule is O=S(=O)(c1ccc(Cl)cc1)C(CCOc1cc(F)ccc1F)CC1(O)CC1. The predicted octanol–water partition coefficient (Wildman–Crippen LogP) is 4.14. The Morgan fingerprint density at radius 2 is 1.81 bits per heavy atom. The molecule has 0 bridgehead atoms. The summed E-state index contributed by atoms with van der Waals surface area (Å²) in [5.41, 5.74) is -0.992. The zero-order valence-corrected chi connectivity index (χ0v) is 15.9. The van der Waals surface area contributed by atoms with Gasteiger partial charge in [0.1, 0.15) is 5.82 Å². The van der Waals surface area contributed by atoms with Gasteiger partial charge in [0.05, 0.1) is 22.4 Å². The molecule has 1 N–H and O–H groups in total. The van der Waals surface area contributed by atoms with Crippen molar-refractivity contribution in [3.8, 4) is 5.75 Å². The Morgan fingerprint density at radius 1 is 1.15 bits per heavy atom. The molecule has 2 aromatic carbocycles. The lowest BCUT2D eigenvalue weighted by atomic mass is 10.1. The van der Waals surface area contributed by atoms with Gasteiger partial charge in [-0.05, 0) is 62.1 Å². The molecule has 146 valence electrons. The van der Waals surface area contributed by atoms with E-state index >= 15 is 0 Å². The summed E-state index contributed by atoms with van der Waals surface area (Å²) < 4.78 is 58.1. The van der Waals surface area contributed by atoms with Gasteiger partial charge in [0.2, 0.25) is 0 Å². The molecule has 8 heteroatoms. The Morgan fingerprint density at radius 3 is 2.44 bits per heavy atom. The van der Waals surface area contributed by atoms with E-state index in [9.17, 15) is 22.3 Å². The van der Waals surface area contributed by atoms with E-state index in [2.05, 4.69) is 0 Å². The smallest absolute Gasteiger partial charge is 0.181 e. The molecule has 3 rings (SSSR count). The molecular formula is C19H19ClF2O4S. The largest absolute Gasteiger partial charge is 0.490 e. The van der Waals surface area contributed by atoms with Gasteiger partial charge in [-0.1, -0.05) is 11.6 Å². The lowest BCUT2D eigenvalue weighted by Gasteiger charge is -2.21. The van der Waals surface area contributed by atoms with Crippen LogP contribution in [0.3, 0.4) is 0 Å². The highest BCUT2D eigenvalue weighted by molar-refractivity contribution is 7.92. The van der Waals surface area contributed by atoms with E-state index in [1.807, 2.05) is 0 Å². The topological polar surface area (TPSA) is 63.6 Å². The van der Waals surface area contributed by atoms with Gasteiger partial charge in [-0.3, -0.25) is 0 Å². The molecule has 0 heterocycles. The minimum atomic E-state index is -3.75. The van der Waals surface area contributed by atoms with Gasteiger partial charge in [-0.25, -0.2) is 17.2 Å². The molecule has 0 aromatic heterocycles. The Balaban J connectivity index is 1.75. The molecule has 2 aromatic rings. The van der Waals surface area contributed by atoms with Gasteiger partial charge in [0.15, 0.2) is 21.4 Å². The van der Waals surface area contributed by atoms with E-state index in [1.165, 1.54) is 24.3 Å². The highest BCUT2D eigenvalue weighted by atomic mass is 35.5. The van der Waals surface area contributed by atoms with E-state index < -0.39 is 32.3 Å². The first-order valence-corrected chi connectivity index (χ1v) is 10.4. The van der Waals surface area contributed by atoms with Crippen molar-refractivity contribution in [3.05, 3.63) is 59.1 Å². The van der Waals surface area contributed by atoms with E-state index in [-0.39, 0.29) is 30.1 Å². The minimum Gasteiger partial charge on any atom is -0.490 e. The fourth-order valence-electron chi connectivity index (χ4n) is 2.84. The molecule has 0 saturated heterocycles. The second-order valence-electron chi connectivity index (χ2n) is 6.76. The molecule has 0 aliphatic heterocycles. The van der Waals surface area contributed by atoms with E-state index in [1.54, 1.807) is 0 Å². The number of hydrogen-bond donors (Lipinski definition) is 1. The Bertz CT molecular complexity index is 912. The zero-order chi connectivity index (χ0) is 19.7. The number of rotatable bonds is 8.